The summed E-state index contributed by atoms with van der Waals surface area (Å²) in [6, 6.07) is 7.14. The van der Waals surface area contributed by atoms with Crippen molar-refractivity contribution in [2.75, 3.05) is 20.1 Å². The standard InChI is InChI=1S/C14H19N3O2S/c1-11-5-3-7-14(13(11)9-15)20(18,19)17-8-4-6-12(10-17)16-2/h3,5,7,12,16H,4,6,8,10H2,1-2H3. The Balaban J connectivity index is 2.41. The van der Waals surface area contributed by atoms with Gasteiger partial charge in [-0.1, -0.05) is 12.1 Å². The topological polar surface area (TPSA) is 73.2 Å². The number of hydrogen-bond acceptors (Lipinski definition) is 4. The first-order chi connectivity index (χ1) is 9.50. The van der Waals surface area contributed by atoms with Crippen molar-refractivity contribution in [2.24, 2.45) is 0 Å². The average Bonchev–Trinajstić information content (AvgIpc) is 2.47. The second-order valence-corrected chi connectivity index (χ2v) is 6.96. The summed E-state index contributed by atoms with van der Waals surface area (Å²) in [7, 11) is -1.76. The molecule has 0 aliphatic carbocycles. The van der Waals surface area contributed by atoms with Gasteiger partial charge in [0.1, 0.15) is 11.0 Å². The zero-order valence-corrected chi connectivity index (χ0v) is 12.6. The van der Waals surface area contributed by atoms with Crippen molar-refractivity contribution in [3.05, 3.63) is 29.3 Å². The molecule has 0 spiro atoms. The molecule has 1 saturated heterocycles. The second-order valence-electron chi connectivity index (χ2n) is 5.05. The van der Waals surface area contributed by atoms with Gasteiger partial charge in [-0.05, 0) is 38.4 Å². The normalized spacial score (nSPS) is 20.6. The molecular formula is C14H19N3O2S. The fourth-order valence-corrected chi connectivity index (χ4v) is 4.27. The summed E-state index contributed by atoms with van der Waals surface area (Å²) >= 11 is 0. The van der Waals surface area contributed by atoms with Crippen LogP contribution in [0.5, 0.6) is 0 Å². The van der Waals surface area contributed by atoms with Crippen molar-refractivity contribution < 1.29 is 8.42 Å². The molecule has 1 atom stereocenters. The van der Waals surface area contributed by atoms with Gasteiger partial charge in [0, 0.05) is 19.1 Å². The summed E-state index contributed by atoms with van der Waals surface area (Å²) in [6.07, 6.45) is 1.81. The highest BCUT2D eigenvalue weighted by Gasteiger charge is 2.31. The molecule has 1 N–H and O–H groups in total. The maximum absolute atomic E-state index is 12.7. The lowest BCUT2D eigenvalue weighted by Crippen LogP contribution is -2.47. The third kappa shape index (κ3) is 2.70. The van der Waals surface area contributed by atoms with Gasteiger partial charge in [0.25, 0.3) is 0 Å². The summed E-state index contributed by atoms with van der Waals surface area (Å²) in [5.41, 5.74) is 0.940. The van der Waals surface area contributed by atoms with Gasteiger partial charge >= 0.3 is 0 Å². The summed E-state index contributed by atoms with van der Waals surface area (Å²) in [4.78, 5) is 0.122. The first-order valence-electron chi connectivity index (χ1n) is 6.68. The van der Waals surface area contributed by atoms with E-state index in [0.717, 1.165) is 12.8 Å². The van der Waals surface area contributed by atoms with Crippen LogP contribution in [0.4, 0.5) is 0 Å². The minimum absolute atomic E-state index is 0.122. The van der Waals surface area contributed by atoms with Gasteiger partial charge in [-0.2, -0.15) is 9.57 Å². The number of rotatable bonds is 3. The molecule has 0 radical (unpaired) electrons. The quantitative estimate of drug-likeness (QED) is 0.910. The van der Waals surface area contributed by atoms with E-state index in [2.05, 4.69) is 5.32 Å². The van der Waals surface area contributed by atoms with Crippen LogP contribution in [0.25, 0.3) is 0 Å². The third-order valence-corrected chi connectivity index (χ3v) is 5.66. The molecule has 1 unspecified atom stereocenters. The minimum Gasteiger partial charge on any atom is -0.316 e. The van der Waals surface area contributed by atoms with E-state index in [4.69, 9.17) is 0 Å². The highest BCUT2D eigenvalue weighted by Crippen LogP contribution is 2.25. The third-order valence-electron chi connectivity index (χ3n) is 3.76. The molecule has 1 fully saturated rings. The number of nitriles is 1. The zero-order valence-electron chi connectivity index (χ0n) is 11.8. The van der Waals surface area contributed by atoms with Crippen LogP contribution in [0.15, 0.2) is 23.1 Å². The lowest BCUT2D eigenvalue weighted by molar-refractivity contribution is 0.293. The van der Waals surface area contributed by atoms with Crippen molar-refractivity contribution in [3.63, 3.8) is 0 Å². The van der Waals surface area contributed by atoms with Crippen LogP contribution < -0.4 is 5.32 Å². The van der Waals surface area contributed by atoms with E-state index >= 15 is 0 Å². The van der Waals surface area contributed by atoms with Crippen LogP contribution in [0, 0.1) is 18.3 Å². The van der Waals surface area contributed by atoms with Crippen LogP contribution >= 0.6 is 0 Å². The SMILES string of the molecule is CNC1CCCN(S(=O)(=O)c2cccc(C)c2C#N)C1. The lowest BCUT2D eigenvalue weighted by Gasteiger charge is -2.32. The number of nitrogens with one attached hydrogen (secondary N) is 1. The summed E-state index contributed by atoms with van der Waals surface area (Å²) in [5, 5.41) is 12.3. The monoisotopic (exact) mass is 293 g/mol. The van der Waals surface area contributed by atoms with E-state index in [0.29, 0.717) is 18.7 Å². The molecule has 5 nitrogen and oxygen atoms in total. The molecule has 1 heterocycles. The Morgan fingerprint density at radius 2 is 2.20 bits per heavy atom. The molecule has 1 aromatic rings. The van der Waals surface area contributed by atoms with Crippen LogP contribution in [-0.2, 0) is 10.0 Å². The van der Waals surface area contributed by atoms with Crippen LogP contribution in [0.3, 0.4) is 0 Å². The Morgan fingerprint density at radius 3 is 2.85 bits per heavy atom. The van der Waals surface area contributed by atoms with Crippen LogP contribution in [0.2, 0.25) is 0 Å². The van der Waals surface area contributed by atoms with E-state index in [1.54, 1.807) is 19.1 Å². The minimum atomic E-state index is -3.60. The van der Waals surface area contributed by atoms with Gasteiger partial charge in [-0.15, -0.1) is 0 Å². The highest BCUT2D eigenvalue weighted by molar-refractivity contribution is 7.89. The summed E-state index contributed by atoms with van der Waals surface area (Å²) in [6.45, 7) is 2.72. The van der Waals surface area contributed by atoms with Crippen molar-refractivity contribution in [1.82, 2.24) is 9.62 Å². The molecule has 0 saturated carbocycles. The average molecular weight is 293 g/mol. The molecule has 108 valence electrons. The van der Waals surface area contributed by atoms with Gasteiger partial charge in [0.2, 0.25) is 10.0 Å². The number of sulfonamides is 1. The Kier molecular flexibility index (Phi) is 4.43. The fourth-order valence-electron chi connectivity index (χ4n) is 2.53. The second kappa shape index (κ2) is 5.92. The highest BCUT2D eigenvalue weighted by atomic mass is 32.2. The number of benzene rings is 1. The first-order valence-corrected chi connectivity index (χ1v) is 8.12. The number of aryl methyl sites for hydroxylation is 1. The van der Waals surface area contributed by atoms with E-state index in [1.165, 1.54) is 10.4 Å². The maximum Gasteiger partial charge on any atom is 0.244 e. The summed E-state index contributed by atoms with van der Waals surface area (Å²) < 4.78 is 26.9. The van der Waals surface area contributed by atoms with Crippen molar-refractivity contribution >= 4 is 10.0 Å². The molecule has 20 heavy (non-hydrogen) atoms. The van der Waals surface area contributed by atoms with E-state index in [1.807, 2.05) is 13.1 Å². The van der Waals surface area contributed by atoms with Crippen molar-refractivity contribution in [2.45, 2.75) is 30.7 Å². The Bertz CT molecular complexity index is 634. The molecule has 0 aromatic heterocycles. The fraction of sp³-hybridized carbons (Fsp3) is 0.500. The Morgan fingerprint density at radius 1 is 1.45 bits per heavy atom. The van der Waals surface area contributed by atoms with Crippen LogP contribution in [-0.4, -0.2) is 38.9 Å². The molecular weight excluding hydrogens is 274 g/mol. The molecule has 6 heteroatoms. The van der Waals surface area contributed by atoms with Gasteiger partial charge in [-0.25, -0.2) is 8.42 Å². The lowest BCUT2D eigenvalue weighted by atomic mass is 10.1. The maximum atomic E-state index is 12.7. The largest absolute Gasteiger partial charge is 0.316 e. The molecule has 2 rings (SSSR count). The number of piperidine rings is 1. The first kappa shape index (κ1) is 15.0. The van der Waals surface area contributed by atoms with Gasteiger partial charge in [0.15, 0.2) is 0 Å². The predicted molar refractivity (Wildman–Crippen MR) is 76.7 cm³/mol. The van der Waals surface area contributed by atoms with E-state index < -0.39 is 10.0 Å². The van der Waals surface area contributed by atoms with E-state index in [9.17, 15) is 13.7 Å². The van der Waals surface area contributed by atoms with Gasteiger partial charge in [-0.3, -0.25) is 0 Å². The number of likely N-dealkylation sites (N-methyl/N-ethyl adjacent to an activating group) is 1. The van der Waals surface area contributed by atoms with Gasteiger partial charge in [0.05, 0.1) is 5.56 Å². The molecule has 1 aromatic carbocycles. The Labute approximate surface area is 120 Å². The molecule has 0 amide bonds. The van der Waals surface area contributed by atoms with Gasteiger partial charge < -0.3 is 5.32 Å². The molecule has 1 aliphatic heterocycles. The zero-order chi connectivity index (χ0) is 14.8. The van der Waals surface area contributed by atoms with Crippen molar-refractivity contribution in [3.8, 4) is 6.07 Å². The summed E-state index contributed by atoms with van der Waals surface area (Å²) in [5.74, 6) is 0. The van der Waals surface area contributed by atoms with Crippen molar-refractivity contribution in [1.29, 1.82) is 5.26 Å². The smallest absolute Gasteiger partial charge is 0.244 e. The molecule has 0 bridgehead atoms. The molecule has 1 aliphatic rings. The number of nitrogens with zero attached hydrogens (tertiary/aromatic N) is 2. The Hall–Kier alpha value is -1.42. The predicted octanol–water partition coefficient (Wildman–Crippen LogP) is 1.24. The van der Waals surface area contributed by atoms with Crippen LogP contribution in [0.1, 0.15) is 24.0 Å². The van der Waals surface area contributed by atoms with E-state index in [-0.39, 0.29) is 16.5 Å². The number of hydrogen-bond donors (Lipinski definition) is 1.